The molecule has 2 aromatic rings. The van der Waals surface area contributed by atoms with Crippen LogP contribution in [-0.2, 0) is 28.0 Å². The van der Waals surface area contributed by atoms with E-state index in [9.17, 15) is 5.11 Å². The Morgan fingerprint density at radius 2 is 1.37 bits per heavy atom. The van der Waals surface area contributed by atoms with Gasteiger partial charge in [-0.1, -0.05) is 68.3 Å². The van der Waals surface area contributed by atoms with E-state index in [1.165, 1.54) is 17.5 Å². The van der Waals surface area contributed by atoms with E-state index in [-0.39, 0.29) is 4.08 Å². The minimum atomic E-state index is -1.82. The van der Waals surface area contributed by atoms with Gasteiger partial charge in [-0.25, -0.2) is 9.59 Å². The van der Waals surface area contributed by atoms with Crippen LogP contribution in [0.15, 0.2) is 48.5 Å². The highest BCUT2D eigenvalue weighted by Crippen LogP contribution is 2.60. The van der Waals surface area contributed by atoms with Gasteiger partial charge in [0.25, 0.3) is 0 Å². The van der Waals surface area contributed by atoms with Crippen LogP contribution in [-0.4, -0.2) is 67.4 Å². The quantitative estimate of drug-likeness (QED) is 0.343. The number of carboxylic acids is 2. The minimum absolute atomic E-state index is 0.328. The maximum Gasteiger partial charge on any atom is 0.414 e. The number of thioether (sulfide) groups is 2. The third-order valence-corrected chi connectivity index (χ3v) is 10.7. The second-order valence-electron chi connectivity index (χ2n) is 9.25. The van der Waals surface area contributed by atoms with Gasteiger partial charge in [-0.3, -0.25) is 4.90 Å². The smallest absolute Gasteiger partial charge is 0.414 e. The largest absolute Gasteiger partial charge is 0.473 e. The number of aliphatic hydroxyl groups is 1. The molecule has 8 heteroatoms. The van der Waals surface area contributed by atoms with Crippen molar-refractivity contribution in [2.24, 2.45) is 0 Å². The number of hydrogen-bond donors (Lipinski definition) is 3. The van der Waals surface area contributed by atoms with Crippen molar-refractivity contribution in [1.82, 2.24) is 4.90 Å². The van der Waals surface area contributed by atoms with Crippen molar-refractivity contribution >= 4 is 35.5 Å². The minimum Gasteiger partial charge on any atom is -0.473 e. The lowest BCUT2D eigenvalue weighted by Crippen LogP contribution is -2.50. The summed E-state index contributed by atoms with van der Waals surface area (Å²) in [6.07, 6.45) is 4.85. The number of fused-ring (bicyclic) bond motifs is 2. The molecule has 0 spiro atoms. The summed E-state index contributed by atoms with van der Waals surface area (Å²) in [5.41, 5.74) is 3.74. The number of nitrogens with zero attached hydrogens (tertiary/aromatic N) is 1. The summed E-state index contributed by atoms with van der Waals surface area (Å²) in [6, 6.07) is 17.2. The van der Waals surface area contributed by atoms with Gasteiger partial charge in [0, 0.05) is 6.42 Å². The highest BCUT2D eigenvalue weighted by molar-refractivity contribution is 8.18. The molecular formula is C30H37NO5S2. The SMILES string of the molecule is CCN(CC)CC#CCCC1(C2(O)c3ccccc3CCc3ccccc32)SCCCS1.O=C(O)C(=O)O. The Kier molecular flexibility index (Phi) is 11.2. The third-order valence-electron chi connectivity index (χ3n) is 7.07. The number of hydrogen-bond acceptors (Lipinski definition) is 6. The fourth-order valence-electron chi connectivity index (χ4n) is 5.05. The molecule has 38 heavy (non-hydrogen) atoms. The summed E-state index contributed by atoms with van der Waals surface area (Å²) >= 11 is 3.92. The normalized spacial score (nSPS) is 16.9. The molecule has 1 saturated heterocycles. The maximum atomic E-state index is 12.9. The Morgan fingerprint density at radius 3 is 1.84 bits per heavy atom. The highest BCUT2D eigenvalue weighted by Gasteiger charge is 2.55. The molecule has 0 atom stereocenters. The molecular weight excluding hydrogens is 518 g/mol. The van der Waals surface area contributed by atoms with Crippen LogP contribution in [0.3, 0.4) is 0 Å². The summed E-state index contributed by atoms with van der Waals surface area (Å²) in [4.78, 5) is 20.5. The van der Waals surface area contributed by atoms with Gasteiger partial charge in [0.1, 0.15) is 5.60 Å². The molecule has 2 aromatic carbocycles. The van der Waals surface area contributed by atoms with Crippen LogP contribution in [0.2, 0.25) is 0 Å². The fraction of sp³-hybridized carbons (Fsp3) is 0.467. The number of aliphatic carboxylic acids is 2. The topological polar surface area (TPSA) is 98.1 Å². The molecule has 3 N–H and O–H groups in total. The molecule has 0 aromatic heterocycles. The Balaban J connectivity index is 0.000000599. The highest BCUT2D eigenvalue weighted by atomic mass is 32.2. The standard InChI is InChI=1S/C28H35NOS2.C2H2O4/c1-3-29(4-2)20-11-5-10-19-27(31-21-12-22-32-27)28(30)25-15-8-6-13-23(25)17-18-24-14-7-9-16-26(24)28;3-1(4)2(5)6/h6-9,13-16,30H,3-4,10,12,17-22H2,1-2H3;(H,3,4)(H,5,6). The summed E-state index contributed by atoms with van der Waals surface area (Å²) < 4.78 is -0.328. The van der Waals surface area contributed by atoms with Crippen LogP contribution < -0.4 is 0 Å². The zero-order chi connectivity index (χ0) is 27.6. The van der Waals surface area contributed by atoms with Crippen molar-refractivity contribution in [2.75, 3.05) is 31.1 Å². The average molecular weight is 556 g/mol. The summed E-state index contributed by atoms with van der Waals surface area (Å²) in [7, 11) is 0. The fourth-order valence-corrected chi connectivity index (χ4v) is 8.65. The van der Waals surface area contributed by atoms with E-state index >= 15 is 0 Å². The van der Waals surface area contributed by atoms with Crippen LogP contribution in [0.5, 0.6) is 0 Å². The lowest BCUT2D eigenvalue weighted by atomic mass is 9.79. The van der Waals surface area contributed by atoms with Gasteiger partial charge < -0.3 is 15.3 Å². The van der Waals surface area contributed by atoms with Crippen molar-refractivity contribution in [1.29, 1.82) is 0 Å². The van der Waals surface area contributed by atoms with Crippen molar-refractivity contribution in [3.8, 4) is 11.8 Å². The van der Waals surface area contributed by atoms with E-state index in [1.54, 1.807) is 0 Å². The van der Waals surface area contributed by atoms with Crippen molar-refractivity contribution < 1.29 is 24.9 Å². The van der Waals surface area contributed by atoms with Gasteiger partial charge in [-0.05, 0) is 72.5 Å². The van der Waals surface area contributed by atoms with Gasteiger partial charge in [0.05, 0.1) is 10.6 Å². The number of carboxylic acid groups (broad SMARTS) is 2. The molecule has 0 saturated carbocycles. The predicted octanol–water partition coefficient (Wildman–Crippen LogP) is 4.87. The number of aryl methyl sites for hydroxylation is 2. The van der Waals surface area contributed by atoms with Crippen molar-refractivity contribution in [3.05, 3.63) is 70.8 Å². The first-order chi connectivity index (χ1) is 18.3. The Hall–Kier alpha value is -2.44. The molecule has 204 valence electrons. The monoisotopic (exact) mass is 555 g/mol. The van der Waals surface area contributed by atoms with Gasteiger partial charge in [-0.2, -0.15) is 0 Å². The van der Waals surface area contributed by atoms with Gasteiger partial charge in [0.2, 0.25) is 0 Å². The van der Waals surface area contributed by atoms with Gasteiger partial charge in [-0.15, -0.1) is 29.4 Å². The molecule has 6 nitrogen and oxygen atoms in total. The molecule has 1 fully saturated rings. The van der Waals surface area contributed by atoms with E-state index in [0.29, 0.717) is 0 Å². The Bertz CT molecular complexity index is 1100. The van der Waals surface area contributed by atoms with Gasteiger partial charge >= 0.3 is 11.9 Å². The summed E-state index contributed by atoms with van der Waals surface area (Å²) in [5, 5.41) is 27.6. The zero-order valence-electron chi connectivity index (χ0n) is 22.1. The van der Waals surface area contributed by atoms with E-state index in [0.717, 1.165) is 68.0 Å². The molecule has 0 amide bonds. The first-order valence-corrected chi connectivity index (χ1v) is 15.1. The van der Waals surface area contributed by atoms with Crippen molar-refractivity contribution in [3.63, 3.8) is 0 Å². The number of benzene rings is 2. The maximum absolute atomic E-state index is 12.9. The first-order valence-electron chi connectivity index (χ1n) is 13.1. The second-order valence-corrected chi connectivity index (χ2v) is 12.3. The second kappa shape index (κ2) is 14.1. The number of carbonyl (C=O) groups is 2. The summed E-state index contributed by atoms with van der Waals surface area (Å²) in [5.74, 6) is 5.36. The third kappa shape index (κ3) is 6.76. The van der Waals surface area contributed by atoms with E-state index in [1.807, 2.05) is 23.5 Å². The lowest BCUT2D eigenvalue weighted by molar-refractivity contribution is -0.159. The van der Waals surface area contributed by atoms with Crippen LogP contribution in [0.25, 0.3) is 0 Å². The molecule has 4 rings (SSSR count). The Morgan fingerprint density at radius 1 is 0.868 bits per heavy atom. The van der Waals surface area contributed by atoms with Crippen LogP contribution in [0.1, 0.15) is 55.4 Å². The molecule has 0 bridgehead atoms. The molecule has 1 heterocycles. The molecule has 0 radical (unpaired) electrons. The summed E-state index contributed by atoms with van der Waals surface area (Å²) in [6.45, 7) is 7.27. The zero-order valence-corrected chi connectivity index (χ0v) is 23.7. The molecule has 1 aliphatic heterocycles. The molecule has 1 aliphatic carbocycles. The van der Waals surface area contributed by atoms with Gasteiger partial charge in [0.15, 0.2) is 0 Å². The average Bonchev–Trinajstić information content (AvgIpc) is 3.07. The van der Waals surface area contributed by atoms with E-state index < -0.39 is 17.5 Å². The predicted molar refractivity (Wildman–Crippen MR) is 156 cm³/mol. The van der Waals surface area contributed by atoms with Crippen LogP contribution in [0.4, 0.5) is 0 Å². The molecule has 0 unspecified atom stereocenters. The Labute approximate surface area is 234 Å². The number of rotatable bonds is 6. The van der Waals surface area contributed by atoms with Crippen LogP contribution in [0, 0.1) is 11.8 Å². The van der Waals surface area contributed by atoms with Crippen LogP contribution >= 0.6 is 23.5 Å². The first kappa shape index (κ1) is 30.1. The lowest BCUT2D eigenvalue weighted by Gasteiger charge is -2.49. The molecule has 2 aliphatic rings. The van der Waals surface area contributed by atoms with E-state index in [4.69, 9.17) is 19.8 Å². The van der Waals surface area contributed by atoms with E-state index in [2.05, 4.69) is 79.1 Å². The van der Waals surface area contributed by atoms with Crippen molar-refractivity contribution in [2.45, 2.75) is 55.6 Å².